The molecule has 3 aromatic rings. The maximum absolute atomic E-state index is 14.1. The average Bonchev–Trinajstić information content (AvgIpc) is 3.08. The number of hydrogen-bond acceptors (Lipinski definition) is 5. The third-order valence-corrected chi connectivity index (χ3v) is 4.83. The second-order valence-corrected chi connectivity index (χ2v) is 6.66. The first-order valence-electron chi connectivity index (χ1n) is 8.69. The van der Waals surface area contributed by atoms with Crippen molar-refractivity contribution in [3.05, 3.63) is 42.4 Å². The first-order chi connectivity index (χ1) is 12.6. The van der Waals surface area contributed by atoms with Gasteiger partial charge in [0, 0.05) is 19.7 Å². The first-order valence-corrected chi connectivity index (χ1v) is 8.69. The van der Waals surface area contributed by atoms with Crippen molar-refractivity contribution in [2.75, 3.05) is 31.6 Å². The number of piperidine rings is 1. The van der Waals surface area contributed by atoms with Gasteiger partial charge in [0.15, 0.2) is 5.65 Å². The largest absolute Gasteiger partial charge is 0.359 e. The molecule has 3 heterocycles. The van der Waals surface area contributed by atoms with Crippen molar-refractivity contribution >= 4 is 16.9 Å². The van der Waals surface area contributed by atoms with E-state index in [1.54, 1.807) is 6.20 Å². The van der Waals surface area contributed by atoms with E-state index in [4.69, 9.17) is 0 Å². The normalized spacial score (nSPS) is 15.5. The number of nitrogens with one attached hydrogen (secondary N) is 1. The maximum Gasteiger partial charge on any atom is 0.168 e. The number of anilines is 1. The lowest BCUT2D eigenvalue weighted by Crippen LogP contribution is -2.34. The predicted molar refractivity (Wildman–Crippen MR) is 95.4 cm³/mol. The molecule has 1 fully saturated rings. The van der Waals surface area contributed by atoms with Gasteiger partial charge in [-0.05, 0) is 44.0 Å². The van der Waals surface area contributed by atoms with Crippen molar-refractivity contribution in [3.8, 4) is 5.69 Å². The van der Waals surface area contributed by atoms with Gasteiger partial charge in [-0.1, -0.05) is 0 Å². The highest BCUT2D eigenvalue weighted by atomic mass is 19.1. The van der Waals surface area contributed by atoms with Crippen LogP contribution in [0.1, 0.15) is 12.8 Å². The Balaban J connectivity index is 1.69. The van der Waals surface area contributed by atoms with E-state index in [9.17, 15) is 8.78 Å². The Morgan fingerprint density at radius 1 is 1.23 bits per heavy atom. The molecular formula is C18H20F2N6. The molecule has 136 valence electrons. The summed E-state index contributed by atoms with van der Waals surface area (Å²) in [5.74, 6) is 0.264. The van der Waals surface area contributed by atoms with E-state index >= 15 is 0 Å². The Morgan fingerprint density at radius 3 is 2.85 bits per heavy atom. The molecule has 8 heteroatoms. The van der Waals surface area contributed by atoms with Gasteiger partial charge >= 0.3 is 0 Å². The van der Waals surface area contributed by atoms with Crippen molar-refractivity contribution in [1.82, 2.24) is 25.1 Å². The molecule has 6 nitrogen and oxygen atoms in total. The number of fused-ring (bicyclic) bond motifs is 1. The smallest absolute Gasteiger partial charge is 0.168 e. The zero-order chi connectivity index (χ0) is 18.1. The molecule has 0 amide bonds. The highest BCUT2D eigenvalue weighted by Crippen LogP contribution is 2.26. The molecule has 0 unspecified atom stereocenters. The first kappa shape index (κ1) is 16.8. The van der Waals surface area contributed by atoms with Gasteiger partial charge in [0.25, 0.3) is 0 Å². The molecule has 4 rings (SSSR count). The van der Waals surface area contributed by atoms with Gasteiger partial charge in [-0.25, -0.2) is 23.4 Å². The number of halogens is 2. The fraction of sp³-hybridized carbons (Fsp3) is 0.389. The summed E-state index contributed by atoms with van der Waals surface area (Å²) >= 11 is 0. The predicted octanol–water partition coefficient (Wildman–Crippen LogP) is 2.53. The Bertz CT molecular complexity index is 919. The maximum atomic E-state index is 14.1. The lowest BCUT2D eigenvalue weighted by Gasteiger charge is -2.28. The summed E-state index contributed by atoms with van der Waals surface area (Å²) in [7, 11) is 1.99. The molecule has 0 atom stereocenters. The molecule has 0 bridgehead atoms. The molecule has 26 heavy (non-hydrogen) atoms. The highest BCUT2D eigenvalue weighted by Gasteiger charge is 2.20. The number of hydrogen-bond donors (Lipinski definition) is 1. The van der Waals surface area contributed by atoms with E-state index in [-0.39, 0.29) is 5.69 Å². The zero-order valence-corrected chi connectivity index (χ0v) is 14.5. The van der Waals surface area contributed by atoms with E-state index in [1.165, 1.54) is 11.0 Å². The van der Waals surface area contributed by atoms with Gasteiger partial charge in [-0.3, -0.25) is 0 Å². The topological polar surface area (TPSA) is 58.9 Å². The van der Waals surface area contributed by atoms with Crippen LogP contribution in [0.5, 0.6) is 0 Å². The van der Waals surface area contributed by atoms with Crippen LogP contribution in [-0.4, -0.2) is 46.4 Å². The van der Waals surface area contributed by atoms with Crippen LogP contribution < -0.4 is 10.2 Å². The third kappa shape index (κ3) is 3.12. The molecule has 0 spiro atoms. The number of rotatable bonds is 4. The van der Waals surface area contributed by atoms with Crippen LogP contribution in [0.15, 0.2) is 30.7 Å². The Hall–Kier alpha value is -2.61. The molecule has 1 aliphatic heterocycles. The molecule has 0 aliphatic carbocycles. The van der Waals surface area contributed by atoms with Crippen LogP contribution >= 0.6 is 0 Å². The van der Waals surface area contributed by atoms with Gasteiger partial charge in [-0.15, -0.1) is 0 Å². The van der Waals surface area contributed by atoms with Crippen molar-refractivity contribution in [2.45, 2.75) is 12.8 Å². The number of aromatic nitrogens is 4. The standard InChI is InChI=1S/C18H20F2N6/c1-25(10-12-4-6-21-7-5-12)17-14-9-24-26(18(14)23-11-22-17)16-8-13(19)2-3-15(16)20/h2-3,8-9,11-12,21H,4-7,10H2,1H3. The molecule has 1 aliphatic rings. The molecule has 1 saturated heterocycles. The molecule has 1 N–H and O–H groups in total. The summed E-state index contributed by atoms with van der Waals surface area (Å²) in [5.41, 5.74) is 0.488. The van der Waals surface area contributed by atoms with Crippen molar-refractivity contribution < 1.29 is 8.78 Å². The van der Waals surface area contributed by atoms with Crippen molar-refractivity contribution in [1.29, 1.82) is 0 Å². The quantitative estimate of drug-likeness (QED) is 0.777. The van der Waals surface area contributed by atoms with Gasteiger partial charge in [-0.2, -0.15) is 5.10 Å². The minimum atomic E-state index is -0.556. The van der Waals surface area contributed by atoms with Crippen LogP contribution in [0.3, 0.4) is 0 Å². The van der Waals surface area contributed by atoms with E-state index in [0.717, 1.165) is 56.5 Å². The van der Waals surface area contributed by atoms with Crippen LogP contribution in [0.4, 0.5) is 14.6 Å². The number of nitrogens with zero attached hydrogens (tertiary/aromatic N) is 5. The lowest BCUT2D eigenvalue weighted by atomic mass is 9.98. The van der Waals surface area contributed by atoms with E-state index in [1.807, 2.05) is 7.05 Å². The molecular weight excluding hydrogens is 338 g/mol. The van der Waals surface area contributed by atoms with E-state index in [0.29, 0.717) is 17.0 Å². The number of benzene rings is 1. The van der Waals surface area contributed by atoms with E-state index in [2.05, 4.69) is 25.3 Å². The van der Waals surface area contributed by atoms with Gasteiger partial charge in [0.1, 0.15) is 29.5 Å². The highest BCUT2D eigenvalue weighted by molar-refractivity contribution is 5.87. The summed E-state index contributed by atoms with van der Waals surface area (Å²) in [4.78, 5) is 10.7. The molecule has 2 aromatic heterocycles. The van der Waals surface area contributed by atoms with Crippen molar-refractivity contribution in [3.63, 3.8) is 0 Å². The Morgan fingerprint density at radius 2 is 2.04 bits per heavy atom. The second-order valence-electron chi connectivity index (χ2n) is 6.66. The van der Waals surface area contributed by atoms with Crippen molar-refractivity contribution in [2.24, 2.45) is 5.92 Å². The van der Waals surface area contributed by atoms with Gasteiger partial charge in [0.05, 0.1) is 11.6 Å². The third-order valence-electron chi connectivity index (χ3n) is 4.83. The van der Waals surface area contributed by atoms with Gasteiger partial charge in [0.2, 0.25) is 0 Å². The van der Waals surface area contributed by atoms with Crippen LogP contribution in [0.2, 0.25) is 0 Å². The lowest BCUT2D eigenvalue weighted by molar-refractivity contribution is 0.377. The molecule has 0 saturated carbocycles. The molecule has 1 aromatic carbocycles. The Kier molecular flexibility index (Phi) is 4.50. The fourth-order valence-electron chi connectivity index (χ4n) is 3.50. The Labute approximate surface area is 149 Å². The van der Waals surface area contributed by atoms with E-state index < -0.39 is 11.6 Å². The SMILES string of the molecule is CN(CC1CCNCC1)c1ncnc2c1cnn2-c1cc(F)ccc1F. The zero-order valence-electron chi connectivity index (χ0n) is 14.5. The second kappa shape index (κ2) is 6.95. The van der Waals surface area contributed by atoms with Gasteiger partial charge < -0.3 is 10.2 Å². The summed E-state index contributed by atoms with van der Waals surface area (Å²) in [5, 5.41) is 8.31. The van der Waals surface area contributed by atoms with Crippen LogP contribution in [0.25, 0.3) is 16.7 Å². The summed E-state index contributed by atoms with van der Waals surface area (Å²) in [6, 6.07) is 3.28. The van der Waals surface area contributed by atoms with Crippen LogP contribution in [-0.2, 0) is 0 Å². The monoisotopic (exact) mass is 358 g/mol. The average molecular weight is 358 g/mol. The van der Waals surface area contributed by atoms with Crippen LogP contribution in [0, 0.1) is 17.6 Å². The summed E-state index contributed by atoms with van der Waals surface area (Å²) in [6.07, 6.45) is 5.30. The summed E-state index contributed by atoms with van der Waals surface area (Å²) in [6.45, 7) is 2.95. The minimum absolute atomic E-state index is 0.0330. The molecule has 0 radical (unpaired) electrons. The minimum Gasteiger partial charge on any atom is -0.359 e. The fourth-order valence-corrected chi connectivity index (χ4v) is 3.50. The summed E-state index contributed by atoms with van der Waals surface area (Å²) < 4.78 is 29.0.